The van der Waals surface area contributed by atoms with Crippen molar-refractivity contribution in [3.05, 3.63) is 57.4 Å². The van der Waals surface area contributed by atoms with Gasteiger partial charge in [0, 0.05) is 24.0 Å². The molecule has 28 heavy (non-hydrogen) atoms. The minimum Gasteiger partial charge on any atom is -0.368 e. The van der Waals surface area contributed by atoms with E-state index >= 15 is 0 Å². The van der Waals surface area contributed by atoms with Crippen LogP contribution in [-0.2, 0) is 16.8 Å². The van der Waals surface area contributed by atoms with Crippen LogP contribution in [0.2, 0.25) is 0 Å². The summed E-state index contributed by atoms with van der Waals surface area (Å²) in [6.07, 6.45) is 2.49. The summed E-state index contributed by atoms with van der Waals surface area (Å²) >= 11 is 1.28. The van der Waals surface area contributed by atoms with E-state index in [9.17, 15) is 9.59 Å². The summed E-state index contributed by atoms with van der Waals surface area (Å²) < 4.78 is 6.32. The Kier molecular flexibility index (Phi) is 4.14. The molecule has 1 saturated heterocycles. The number of thiophene rings is 1. The molecule has 1 aromatic carbocycles. The molecule has 1 N–H and O–H groups in total. The number of carbonyl (C=O) groups is 2. The number of rotatable bonds is 2. The van der Waals surface area contributed by atoms with Crippen molar-refractivity contribution in [2.75, 3.05) is 19.7 Å². The second-order valence-electron chi connectivity index (χ2n) is 7.63. The molecular weight excluding hydrogens is 372 g/mol. The number of H-pyrrole nitrogens is 1. The van der Waals surface area contributed by atoms with Crippen LogP contribution in [0.15, 0.2) is 36.4 Å². The average Bonchev–Trinajstić information content (AvgIpc) is 3.34. The maximum Gasteiger partial charge on any atom is 0.263 e. The summed E-state index contributed by atoms with van der Waals surface area (Å²) in [5.41, 5.74) is 3.39. The highest BCUT2D eigenvalue weighted by Crippen LogP contribution is 2.43. The van der Waals surface area contributed by atoms with Gasteiger partial charge in [-0.05, 0) is 49.9 Å². The highest BCUT2D eigenvalue weighted by atomic mass is 32.1. The zero-order chi connectivity index (χ0) is 19.3. The van der Waals surface area contributed by atoms with E-state index in [1.54, 1.807) is 12.1 Å². The third kappa shape index (κ3) is 2.71. The Morgan fingerprint density at radius 3 is 2.61 bits per heavy atom. The van der Waals surface area contributed by atoms with Gasteiger partial charge in [0.2, 0.25) is 0 Å². The van der Waals surface area contributed by atoms with E-state index in [2.05, 4.69) is 29.2 Å². The summed E-state index contributed by atoms with van der Waals surface area (Å²) in [5, 5.41) is 1.29. The van der Waals surface area contributed by atoms with Crippen molar-refractivity contribution in [3.63, 3.8) is 0 Å². The largest absolute Gasteiger partial charge is 0.368 e. The van der Waals surface area contributed by atoms with E-state index in [0.29, 0.717) is 22.8 Å². The van der Waals surface area contributed by atoms with Gasteiger partial charge in [0.15, 0.2) is 5.78 Å². The van der Waals surface area contributed by atoms with Gasteiger partial charge in [-0.1, -0.05) is 18.2 Å². The van der Waals surface area contributed by atoms with Crippen LogP contribution < -0.4 is 0 Å². The van der Waals surface area contributed by atoms with Gasteiger partial charge in [-0.2, -0.15) is 0 Å². The molecule has 0 atom stereocenters. The Bertz CT molecular complexity index is 1070. The molecule has 0 saturated carbocycles. The third-order valence-corrected chi connectivity index (χ3v) is 7.20. The number of ketones is 1. The fourth-order valence-corrected chi connectivity index (χ4v) is 5.40. The van der Waals surface area contributed by atoms with Crippen LogP contribution in [0.5, 0.6) is 0 Å². The Morgan fingerprint density at radius 2 is 1.86 bits per heavy atom. The second-order valence-corrected chi connectivity index (χ2v) is 8.71. The first kappa shape index (κ1) is 17.6. The molecule has 1 fully saturated rings. The van der Waals surface area contributed by atoms with Crippen molar-refractivity contribution >= 4 is 33.9 Å². The molecule has 6 heteroatoms. The Balaban J connectivity index is 1.39. The quantitative estimate of drug-likeness (QED) is 0.665. The first-order valence-corrected chi connectivity index (χ1v) is 10.5. The molecule has 0 bridgehead atoms. The fraction of sp³-hybridized carbons (Fsp3) is 0.364. The van der Waals surface area contributed by atoms with E-state index < -0.39 is 0 Å². The summed E-state index contributed by atoms with van der Waals surface area (Å²) in [5.74, 6) is 0.0172. The number of hydrogen-bond donors (Lipinski definition) is 1. The van der Waals surface area contributed by atoms with Crippen molar-refractivity contribution in [1.82, 2.24) is 9.88 Å². The fourth-order valence-electron chi connectivity index (χ4n) is 4.53. The highest BCUT2D eigenvalue weighted by molar-refractivity contribution is 7.15. The van der Waals surface area contributed by atoms with Crippen LogP contribution in [0.25, 0.3) is 10.9 Å². The number of likely N-dealkylation sites (tertiary alicyclic amines) is 1. The normalized spacial score (nSPS) is 18.4. The van der Waals surface area contributed by atoms with Gasteiger partial charge in [0.25, 0.3) is 5.91 Å². The van der Waals surface area contributed by atoms with Gasteiger partial charge in [0.1, 0.15) is 5.60 Å². The number of hydrogen-bond acceptors (Lipinski definition) is 4. The van der Waals surface area contributed by atoms with Gasteiger partial charge >= 0.3 is 0 Å². The summed E-state index contributed by atoms with van der Waals surface area (Å²) in [6, 6.07) is 11.9. The molecule has 0 unspecified atom stereocenters. The topological polar surface area (TPSA) is 62.4 Å². The standard InChI is InChI=1S/C22H22N2O3S/c1-14(25)18-6-7-19(28-18)21(26)24-11-9-22(10-12-24)20-16(8-13-27-22)15-4-2-3-5-17(15)23-20/h2-7,23H,8-13H2,1H3. The summed E-state index contributed by atoms with van der Waals surface area (Å²) in [4.78, 5) is 31.2. The molecule has 2 aliphatic heterocycles. The van der Waals surface area contributed by atoms with Crippen molar-refractivity contribution in [3.8, 4) is 0 Å². The lowest BCUT2D eigenvalue weighted by Gasteiger charge is -2.43. The molecule has 1 amide bonds. The number of piperidine rings is 1. The zero-order valence-corrected chi connectivity index (χ0v) is 16.6. The number of nitrogens with zero attached hydrogens (tertiary/aromatic N) is 1. The number of aromatic nitrogens is 1. The number of carbonyl (C=O) groups excluding carboxylic acids is 2. The van der Waals surface area contributed by atoms with Gasteiger partial charge in [-0.3, -0.25) is 9.59 Å². The number of nitrogens with one attached hydrogen (secondary N) is 1. The number of benzene rings is 1. The summed E-state index contributed by atoms with van der Waals surface area (Å²) in [6.45, 7) is 3.56. The van der Waals surface area contributed by atoms with Gasteiger partial charge in [-0.25, -0.2) is 0 Å². The first-order chi connectivity index (χ1) is 13.6. The van der Waals surface area contributed by atoms with Gasteiger partial charge in [0.05, 0.1) is 22.1 Å². The van der Waals surface area contributed by atoms with E-state index in [1.807, 2.05) is 4.90 Å². The molecule has 2 aliphatic rings. The molecule has 2 aromatic heterocycles. The Labute approximate surface area is 167 Å². The SMILES string of the molecule is CC(=O)c1ccc(C(=O)N2CCC3(CC2)OCCc2c3[nH]c3ccccc23)s1. The van der Waals surface area contributed by atoms with Crippen molar-refractivity contribution in [2.24, 2.45) is 0 Å². The first-order valence-electron chi connectivity index (χ1n) is 9.71. The number of para-hydroxylation sites is 1. The lowest BCUT2D eigenvalue weighted by Crippen LogP contribution is -2.48. The number of fused-ring (bicyclic) bond motifs is 4. The van der Waals surface area contributed by atoms with Gasteiger partial charge < -0.3 is 14.6 Å². The Hall–Kier alpha value is -2.44. The predicted molar refractivity (Wildman–Crippen MR) is 109 cm³/mol. The maximum absolute atomic E-state index is 12.9. The van der Waals surface area contributed by atoms with Crippen LogP contribution in [0.1, 0.15) is 50.4 Å². The smallest absolute Gasteiger partial charge is 0.263 e. The lowest BCUT2D eigenvalue weighted by atomic mass is 9.83. The van der Waals surface area contributed by atoms with Crippen LogP contribution in [0.4, 0.5) is 0 Å². The number of ether oxygens (including phenoxy) is 1. The number of aromatic amines is 1. The minimum absolute atomic E-state index is 0.00333. The number of Topliss-reactive ketones (excluding diaryl/α,β-unsaturated/α-hetero) is 1. The van der Waals surface area contributed by atoms with Gasteiger partial charge in [-0.15, -0.1) is 11.3 Å². The van der Waals surface area contributed by atoms with Crippen LogP contribution in [-0.4, -0.2) is 41.3 Å². The second kappa shape index (κ2) is 6.57. The lowest BCUT2D eigenvalue weighted by molar-refractivity contribution is -0.0957. The van der Waals surface area contributed by atoms with Crippen molar-refractivity contribution < 1.29 is 14.3 Å². The van der Waals surface area contributed by atoms with Crippen molar-refractivity contribution in [2.45, 2.75) is 31.8 Å². The molecule has 5 rings (SSSR count). The monoisotopic (exact) mass is 394 g/mol. The summed E-state index contributed by atoms with van der Waals surface area (Å²) in [7, 11) is 0. The van der Waals surface area contributed by atoms with Crippen LogP contribution in [0.3, 0.4) is 0 Å². The molecule has 4 heterocycles. The maximum atomic E-state index is 12.9. The van der Waals surface area contributed by atoms with E-state index in [-0.39, 0.29) is 17.3 Å². The number of amides is 1. The van der Waals surface area contributed by atoms with Crippen molar-refractivity contribution in [1.29, 1.82) is 0 Å². The Morgan fingerprint density at radius 1 is 1.11 bits per heavy atom. The molecule has 3 aromatic rings. The predicted octanol–water partition coefficient (Wildman–Crippen LogP) is 4.14. The molecule has 0 aliphatic carbocycles. The van der Waals surface area contributed by atoms with E-state index in [1.165, 1.54) is 34.9 Å². The average molecular weight is 394 g/mol. The molecule has 5 nitrogen and oxygen atoms in total. The molecule has 1 spiro atoms. The highest BCUT2D eigenvalue weighted by Gasteiger charge is 2.43. The van der Waals surface area contributed by atoms with Crippen LogP contribution >= 0.6 is 11.3 Å². The minimum atomic E-state index is -0.330. The molecule has 0 radical (unpaired) electrons. The molecular formula is C22H22N2O3S. The third-order valence-electron chi connectivity index (χ3n) is 6.02. The zero-order valence-electron chi connectivity index (χ0n) is 15.8. The van der Waals surface area contributed by atoms with Crippen LogP contribution in [0, 0.1) is 0 Å². The molecule has 144 valence electrons. The van der Waals surface area contributed by atoms with E-state index in [0.717, 1.165) is 31.4 Å². The van der Waals surface area contributed by atoms with E-state index in [4.69, 9.17) is 4.74 Å².